The van der Waals surface area contributed by atoms with Crippen molar-refractivity contribution in [1.29, 1.82) is 0 Å². The summed E-state index contributed by atoms with van der Waals surface area (Å²) in [7, 11) is 0. The number of ether oxygens (including phenoxy) is 1. The van der Waals surface area contributed by atoms with E-state index >= 15 is 0 Å². The van der Waals surface area contributed by atoms with Crippen LogP contribution in [0.3, 0.4) is 0 Å². The Kier molecular flexibility index (Phi) is 8.31. The van der Waals surface area contributed by atoms with Crippen LogP contribution in [0.4, 0.5) is 4.39 Å². The highest BCUT2D eigenvalue weighted by molar-refractivity contribution is 5.86. The number of morpholine rings is 1. The molecule has 152 valence electrons. The van der Waals surface area contributed by atoms with Crippen LogP contribution in [0.15, 0.2) is 24.3 Å². The molecular weight excluding hydrogens is 392 g/mol. The van der Waals surface area contributed by atoms with Gasteiger partial charge in [-0.3, -0.25) is 9.69 Å². The van der Waals surface area contributed by atoms with Gasteiger partial charge in [0, 0.05) is 37.3 Å². The Morgan fingerprint density at radius 1 is 1.11 bits per heavy atom. The number of carbonyl (C=O) groups is 1. The highest BCUT2D eigenvalue weighted by Gasteiger charge is 2.43. The summed E-state index contributed by atoms with van der Waals surface area (Å²) in [6.07, 6.45) is 3.08. The Morgan fingerprint density at radius 3 is 2.56 bits per heavy atom. The first-order chi connectivity index (χ1) is 12.3. The first kappa shape index (κ1) is 22.4. The molecule has 4 rings (SSSR count). The number of hydrogen-bond acceptors (Lipinski definition) is 4. The van der Waals surface area contributed by atoms with Crippen LogP contribution < -0.4 is 5.32 Å². The topological polar surface area (TPSA) is 44.8 Å². The van der Waals surface area contributed by atoms with Crippen molar-refractivity contribution in [3.05, 3.63) is 35.6 Å². The minimum atomic E-state index is -0.550. The average Bonchev–Trinajstić information content (AvgIpc) is 2.90. The minimum absolute atomic E-state index is 0. The van der Waals surface area contributed by atoms with Crippen LogP contribution in [0.25, 0.3) is 0 Å². The fourth-order valence-corrected chi connectivity index (χ4v) is 4.50. The first-order valence-corrected chi connectivity index (χ1v) is 9.35. The van der Waals surface area contributed by atoms with Crippen molar-refractivity contribution in [2.24, 2.45) is 0 Å². The molecule has 0 saturated carbocycles. The van der Waals surface area contributed by atoms with Gasteiger partial charge in [0.25, 0.3) is 0 Å². The average molecular weight is 420 g/mol. The third-order valence-electron chi connectivity index (χ3n) is 5.75. The predicted molar refractivity (Wildman–Crippen MR) is 107 cm³/mol. The van der Waals surface area contributed by atoms with Crippen molar-refractivity contribution in [1.82, 2.24) is 15.1 Å². The van der Waals surface area contributed by atoms with Gasteiger partial charge in [0.15, 0.2) is 0 Å². The van der Waals surface area contributed by atoms with Crippen molar-refractivity contribution < 1.29 is 13.9 Å². The molecule has 1 amide bonds. The maximum Gasteiger partial charge on any atom is 0.245 e. The smallest absolute Gasteiger partial charge is 0.245 e. The normalized spacial score (nSPS) is 26.5. The van der Waals surface area contributed by atoms with Gasteiger partial charge in [-0.2, -0.15) is 0 Å². The van der Waals surface area contributed by atoms with Crippen molar-refractivity contribution in [2.75, 3.05) is 39.4 Å². The fourth-order valence-electron chi connectivity index (χ4n) is 4.50. The summed E-state index contributed by atoms with van der Waals surface area (Å²) in [5.41, 5.74) is 0.492. The monoisotopic (exact) mass is 419 g/mol. The first-order valence-electron chi connectivity index (χ1n) is 9.35. The predicted octanol–water partition coefficient (Wildman–Crippen LogP) is 2.40. The molecule has 27 heavy (non-hydrogen) atoms. The molecule has 3 heterocycles. The zero-order valence-corrected chi connectivity index (χ0v) is 16.9. The van der Waals surface area contributed by atoms with Gasteiger partial charge in [0.2, 0.25) is 5.91 Å². The van der Waals surface area contributed by atoms with Crippen LogP contribution in [0.2, 0.25) is 0 Å². The molecular formula is C19H28Cl2FN3O2. The summed E-state index contributed by atoms with van der Waals surface area (Å²) in [5.74, 6) is -0.240. The van der Waals surface area contributed by atoms with E-state index in [2.05, 4.69) is 15.1 Å². The lowest BCUT2D eigenvalue weighted by Crippen LogP contribution is -2.51. The summed E-state index contributed by atoms with van der Waals surface area (Å²) < 4.78 is 20.0. The lowest BCUT2D eigenvalue weighted by molar-refractivity contribution is -0.142. The van der Waals surface area contributed by atoms with Gasteiger partial charge >= 0.3 is 0 Å². The molecule has 3 fully saturated rings. The molecule has 0 spiro atoms. The number of nitrogens with zero attached hydrogens (tertiary/aromatic N) is 2. The molecule has 0 radical (unpaired) electrons. The van der Waals surface area contributed by atoms with Crippen molar-refractivity contribution in [2.45, 2.75) is 37.4 Å². The Balaban J connectivity index is 0.00000131. The molecule has 1 N–H and O–H groups in total. The number of nitrogens with one attached hydrogen (secondary N) is 1. The third kappa shape index (κ3) is 4.57. The highest BCUT2D eigenvalue weighted by atomic mass is 35.5. The van der Waals surface area contributed by atoms with Crippen LogP contribution >= 0.6 is 24.8 Å². The highest BCUT2D eigenvalue weighted by Crippen LogP contribution is 2.34. The molecule has 0 aromatic heterocycles. The SMILES string of the molecule is Cl.Cl.O=C(C(c1ccccc1F)N1CCOCC1)N1C2CCNCC1CC2. The molecule has 8 heteroatoms. The van der Waals surface area contributed by atoms with Crippen molar-refractivity contribution in [3.8, 4) is 0 Å². The summed E-state index contributed by atoms with van der Waals surface area (Å²) in [6, 6.07) is 6.67. The maximum absolute atomic E-state index is 14.6. The Labute approximate surface area is 172 Å². The van der Waals surface area contributed by atoms with Crippen molar-refractivity contribution >= 4 is 30.7 Å². The molecule has 3 saturated heterocycles. The fraction of sp³-hybridized carbons (Fsp3) is 0.632. The van der Waals surface area contributed by atoms with Gasteiger partial charge in [-0.05, 0) is 31.9 Å². The number of fused-ring (bicyclic) bond motifs is 2. The number of rotatable bonds is 3. The second-order valence-electron chi connectivity index (χ2n) is 7.20. The van der Waals surface area contributed by atoms with Crippen LogP contribution in [0, 0.1) is 5.82 Å². The van der Waals surface area contributed by atoms with E-state index in [1.54, 1.807) is 12.1 Å². The number of benzene rings is 1. The van der Waals surface area contributed by atoms with E-state index in [1.165, 1.54) is 6.07 Å². The van der Waals surface area contributed by atoms with Gasteiger partial charge in [0.05, 0.1) is 13.2 Å². The van der Waals surface area contributed by atoms with Crippen molar-refractivity contribution in [3.63, 3.8) is 0 Å². The zero-order valence-electron chi connectivity index (χ0n) is 15.3. The largest absolute Gasteiger partial charge is 0.379 e. The molecule has 1 aromatic carbocycles. The lowest BCUT2D eigenvalue weighted by Gasteiger charge is -2.38. The quantitative estimate of drug-likeness (QED) is 0.816. The third-order valence-corrected chi connectivity index (χ3v) is 5.75. The van der Waals surface area contributed by atoms with E-state index in [0.29, 0.717) is 31.9 Å². The molecule has 0 aliphatic carbocycles. The van der Waals surface area contributed by atoms with Crippen LogP contribution in [-0.2, 0) is 9.53 Å². The van der Waals surface area contributed by atoms with Gasteiger partial charge in [-0.15, -0.1) is 24.8 Å². The van der Waals surface area contributed by atoms with E-state index in [1.807, 2.05) is 6.07 Å². The van der Waals surface area contributed by atoms with Gasteiger partial charge < -0.3 is 15.0 Å². The minimum Gasteiger partial charge on any atom is -0.379 e. The van der Waals surface area contributed by atoms with Gasteiger partial charge in [0.1, 0.15) is 11.9 Å². The van der Waals surface area contributed by atoms with Crippen LogP contribution in [-0.4, -0.2) is 67.2 Å². The number of hydrogen-bond donors (Lipinski definition) is 1. The molecule has 1 aromatic rings. The molecule has 3 aliphatic rings. The van der Waals surface area contributed by atoms with Gasteiger partial charge in [-0.25, -0.2) is 4.39 Å². The van der Waals surface area contributed by atoms with E-state index in [9.17, 15) is 9.18 Å². The molecule has 5 nitrogen and oxygen atoms in total. The second-order valence-corrected chi connectivity index (χ2v) is 7.20. The van der Waals surface area contributed by atoms with E-state index in [0.717, 1.165) is 32.4 Å². The lowest BCUT2D eigenvalue weighted by atomic mass is 10.0. The van der Waals surface area contributed by atoms with Crippen LogP contribution in [0.5, 0.6) is 0 Å². The Morgan fingerprint density at radius 2 is 1.81 bits per heavy atom. The summed E-state index contributed by atoms with van der Waals surface area (Å²) in [6.45, 7) is 4.29. The molecule has 2 bridgehead atoms. The zero-order chi connectivity index (χ0) is 17.2. The molecule has 3 aliphatic heterocycles. The number of halogens is 3. The second kappa shape index (κ2) is 10.0. The Bertz CT molecular complexity index is 617. The summed E-state index contributed by atoms with van der Waals surface area (Å²) in [4.78, 5) is 17.8. The number of carbonyl (C=O) groups excluding carboxylic acids is 1. The maximum atomic E-state index is 14.6. The summed E-state index contributed by atoms with van der Waals surface area (Å²) in [5, 5.41) is 3.43. The molecule has 3 unspecified atom stereocenters. The Hall–Kier alpha value is -0.920. The summed E-state index contributed by atoms with van der Waals surface area (Å²) >= 11 is 0. The standard InChI is InChI=1S/C19H26FN3O2.2ClH/c20-17-4-2-1-3-16(17)18(22-9-11-25-12-10-22)19(24)23-14-5-6-15(23)13-21-8-7-14;;/h1-4,14-15,18,21H,5-13H2;2*1H. The van der Waals surface area contributed by atoms with E-state index < -0.39 is 6.04 Å². The molecule has 3 atom stereocenters. The van der Waals surface area contributed by atoms with Crippen LogP contribution in [0.1, 0.15) is 30.9 Å². The number of amides is 1. The van der Waals surface area contributed by atoms with E-state index in [4.69, 9.17) is 4.74 Å². The van der Waals surface area contributed by atoms with Gasteiger partial charge in [-0.1, -0.05) is 18.2 Å². The van der Waals surface area contributed by atoms with E-state index in [-0.39, 0.29) is 48.6 Å².